The van der Waals surface area contributed by atoms with Crippen LogP contribution in [0, 0.1) is 11.6 Å². The van der Waals surface area contributed by atoms with Crippen LogP contribution >= 0.6 is 0 Å². The zero-order valence-corrected chi connectivity index (χ0v) is 13.9. The van der Waals surface area contributed by atoms with E-state index in [1.807, 2.05) is 37.3 Å². The molecular formula is C19H16F2N4O. The van der Waals surface area contributed by atoms with Crippen LogP contribution in [-0.2, 0) is 0 Å². The Labute approximate surface area is 149 Å². The number of nitrogens with zero attached hydrogens (tertiary/aromatic N) is 2. The molecule has 1 amide bonds. The quantitative estimate of drug-likeness (QED) is 0.727. The largest absolute Gasteiger partial charge is 0.344 e. The molecule has 1 unspecified atom stereocenters. The number of hydrogen-bond acceptors (Lipinski definition) is 4. The van der Waals surface area contributed by atoms with Crippen molar-refractivity contribution in [1.29, 1.82) is 0 Å². The zero-order valence-electron chi connectivity index (χ0n) is 13.9. The van der Waals surface area contributed by atoms with Gasteiger partial charge >= 0.3 is 0 Å². The second-order valence-corrected chi connectivity index (χ2v) is 5.61. The van der Waals surface area contributed by atoms with Crippen LogP contribution in [0.2, 0.25) is 0 Å². The molecule has 2 N–H and O–H groups in total. The van der Waals surface area contributed by atoms with E-state index in [4.69, 9.17) is 0 Å². The van der Waals surface area contributed by atoms with Crippen LogP contribution in [-0.4, -0.2) is 15.9 Å². The van der Waals surface area contributed by atoms with Crippen molar-refractivity contribution in [1.82, 2.24) is 15.3 Å². The van der Waals surface area contributed by atoms with Crippen molar-refractivity contribution < 1.29 is 13.6 Å². The predicted octanol–water partition coefficient (Wildman–Crippen LogP) is 3.99. The lowest BCUT2D eigenvalue weighted by Crippen LogP contribution is -2.27. The van der Waals surface area contributed by atoms with Crippen LogP contribution in [0.1, 0.15) is 29.0 Å². The predicted molar refractivity (Wildman–Crippen MR) is 94.0 cm³/mol. The Hall–Kier alpha value is -3.35. The van der Waals surface area contributed by atoms with Gasteiger partial charge < -0.3 is 10.6 Å². The summed E-state index contributed by atoms with van der Waals surface area (Å²) in [6, 6.07) is 12.8. The monoisotopic (exact) mass is 354 g/mol. The third kappa shape index (κ3) is 4.00. The Bertz CT molecular complexity index is 881. The molecule has 0 fully saturated rings. The van der Waals surface area contributed by atoms with Gasteiger partial charge in [0.25, 0.3) is 5.91 Å². The lowest BCUT2D eigenvalue weighted by Gasteiger charge is -2.14. The van der Waals surface area contributed by atoms with Crippen molar-refractivity contribution in [2.45, 2.75) is 13.0 Å². The smallest absolute Gasteiger partial charge is 0.271 e. The second-order valence-electron chi connectivity index (χ2n) is 5.61. The van der Waals surface area contributed by atoms with Crippen LogP contribution in [0.15, 0.2) is 60.9 Å². The molecule has 1 heterocycles. The third-order valence-electron chi connectivity index (χ3n) is 3.75. The highest BCUT2D eigenvalue weighted by molar-refractivity contribution is 5.92. The molecule has 3 rings (SSSR count). The molecule has 7 heteroatoms. The van der Waals surface area contributed by atoms with Gasteiger partial charge in [0, 0.05) is 0 Å². The topological polar surface area (TPSA) is 66.9 Å². The fraction of sp³-hybridized carbons (Fsp3) is 0.105. The molecule has 0 spiro atoms. The summed E-state index contributed by atoms with van der Waals surface area (Å²) in [5.41, 5.74) is 0.742. The Kier molecular flexibility index (Phi) is 5.17. The van der Waals surface area contributed by atoms with Crippen molar-refractivity contribution in [2.24, 2.45) is 0 Å². The average molecular weight is 354 g/mol. The van der Waals surface area contributed by atoms with Gasteiger partial charge in [0.15, 0.2) is 0 Å². The summed E-state index contributed by atoms with van der Waals surface area (Å²) in [7, 11) is 0. The summed E-state index contributed by atoms with van der Waals surface area (Å²) in [5, 5.41) is 5.34. The van der Waals surface area contributed by atoms with Crippen molar-refractivity contribution in [3.05, 3.63) is 83.8 Å². The van der Waals surface area contributed by atoms with Crippen LogP contribution in [0.4, 0.5) is 20.3 Å². The van der Waals surface area contributed by atoms with Gasteiger partial charge in [-0.25, -0.2) is 18.7 Å². The fourth-order valence-corrected chi connectivity index (χ4v) is 2.35. The van der Waals surface area contributed by atoms with E-state index in [0.29, 0.717) is 0 Å². The molecule has 0 aliphatic rings. The third-order valence-corrected chi connectivity index (χ3v) is 3.75. The maximum absolute atomic E-state index is 13.6. The number of rotatable bonds is 5. The minimum atomic E-state index is -0.745. The highest BCUT2D eigenvalue weighted by Crippen LogP contribution is 2.21. The molecule has 0 radical (unpaired) electrons. The van der Waals surface area contributed by atoms with E-state index in [0.717, 1.165) is 17.7 Å². The normalized spacial score (nSPS) is 11.7. The first-order valence-electron chi connectivity index (χ1n) is 7.93. The number of amides is 1. The van der Waals surface area contributed by atoms with Gasteiger partial charge in [-0.2, -0.15) is 0 Å². The Balaban J connectivity index is 1.68. The van der Waals surface area contributed by atoms with E-state index in [2.05, 4.69) is 20.6 Å². The van der Waals surface area contributed by atoms with Crippen LogP contribution in [0.5, 0.6) is 0 Å². The fourth-order valence-electron chi connectivity index (χ4n) is 2.35. The SMILES string of the molecule is CC(NC(=O)c1cnc(Nc2c(F)cccc2F)cn1)c1ccccc1. The Morgan fingerprint density at radius 2 is 1.65 bits per heavy atom. The number of para-hydroxylation sites is 1. The van der Waals surface area contributed by atoms with E-state index in [9.17, 15) is 13.6 Å². The maximum Gasteiger partial charge on any atom is 0.271 e. The number of benzene rings is 2. The van der Waals surface area contributed by atoms with Gasteiger partial charge in [0.1, 0.15) is 28.8 Å². The van der Waals surface area contributed by atoms with E-state index in [1.165, 1.54) is 18.5 Å². The zero-order chi connectivity index (χ0) is 18.5. The van der Waals surface area contributed by atoms with Crippen LogP contribution in [0.25, 0.3) is 0 Å². The Morgan fingerprint density at radius 3 is 2.27 bits per heavy atom. The Morgan fingerprint density at radius 1 is 0.962 bits per heavy atom. The van der Waals surface area contributed by atoms with E-state index >= 15 is 0 Å². The van der Waals surface area contributed by atoms with Crippen LogP contribution in [0.3, 0.4) is 0 Å². The molecule has 0 aliphatic carbocycles. The van der Waals surface area contributed by atoms with Crippen LogP contribution < -0.4 is 10.6 Å². The highest BCUT2D eigenvalue weighted by Gasteiger charge is 2.14. The molecule has 0 aliphatic heterocycles. The molecule has 1 atom stereocenters. The molecule has 5 nitrogen and oxygen atoms in total. The lowest BCUT2D eigenvalue weighted by molar-refractivity contribution is 0.0934. The van der Waals surface area contributed by atoms with Crippen molar-refractivity contribution in [3.8, 4) is 0 Å². The number of carbonyl (C=O) groups excluding carboxylic acids is 1. The number of hydrogen-bond donors (Lipinski definition) is 2. The second kappa shape index (κ2) is 7.69. The number of nitrogens with one attached hydrogen (secondary N) is 2. The minimum absolute atomic E-state index is 0.104. The first kappa shape index (κ1) is 17.5. The molecule has 2 aromatic carbocycles. The molecule has 1 aromatic heterocycles. The highest BCUT2D eigenvalue weighted by atomic mass is 19.1. The van der Waals surface area contributed by atoms with E-state index in [-0.39, 0.29) is 23.2 Å². The first-order valence-corrected chi connectivity index (χ1v) is 7.93. The number of anilines is 2. The molecular weight excluding hydrogens is 338 g/mol. The summed E-state index contributed by atoms with van der Waals surface area (Å²) in [6.07, 6.45) is 2.49. The standard InChI is InChI=1S/C19H16F2N4O/c1-12(13-6-3-2-4-7-13)24-19(26)16-10-23-17(11-22-16)25-18-14(20)8-5-9-15(18)21/h2-12H,1H3,(H,23,25)(H,24,26). The van der Waals surface area contributed by atoms with E-state index < -0.39 is 17.5 Å². The van der Waals surface area contributed by atoms with Gasteiger partial charge in [0.05, 0.1) is 18.4 Å². The molecule has 3 aromatic rings. The molecule has 132 valence electrons. The summed E-state index contributed by atoms with van der Waals surface area (Å²) in [6.45, 7) is 1.86. The van der Waals surface area contributed by atoms with Crippen molar-refractivity contribution in [2.75, 3.05) is 5.32 Å². The minimum Gasteiger partial charge on any atom is -0.344 e. The number of aromatic nitrogens is 2. The number of carbonyl (C=O) groups is 1. The average Bonchev–Trinajstić information content (AvgIpc) is 2.66. The molecule has 0 saturated heterocycles. The van der Waals surface area contributed by atoms with Crippen molar-refractivity contribution >= 4 is 17.4 Å². The summed E-state index contributed by atoms with van der Waals surface area (Å²) >= 11 is 0. The molecule has 26 heavy (non-hydrogen) atoms. The first-order chi connectivity index (χ1) is 12.5. The van der Waals surface area contributed by atoms with Crippen molar-refractivity contribution in [3.63, 3.8) is 0 Å². The van der Waals surface area contributed by atoms with Gasteiger partial charge in [-0.05, 0) is 24.6 Å². The molecule has 0 saturated carbocycles. The van der Waals surface area contributed by atoms with Gasteiger partial charge in [0.2, 0.25) is 0 Å². The van der Waals surface area contributed by atoms with Gasteiger partial charge in [-0.1, -0.05) is 36.4 Å². The summed E-state index contributed by atoms with van der Waals surface area (Å²) in [5.74, 6) is -1.75. The number of halogens is 2. The lowest BCUT2D eigenvalue weighted by atomic mass is 10.1. The van der Waals surface area contributed by atoms with E-state index in [1.54, 1.807) is 0 Å². The summed E-state index contributed by atoms with van der Waals surface area (Å²) in [4.78, 5) is 20.2. The maximum atomic E-state index is 13.6. The van der Waals surface area contributed by atoms with Gasteiger partial charge in [-0.3, -0.25) is 4.79 Å². The molecule has 0 bridgehead atoms. The van der Waals surface area contributed by atoms with Gasteiger partial charge in [-0.15, -0.1) is 0 Å². The summed E-state index contributed by atoms with van der Waals surface area (Å²) < 4.78 is 27.3.